The minimum atomic E-state index is -0.431. The van der Waals surface area contributed by atoms with E-state index in [0.29, 0.717) is 38.9 Å². The van der Waals surface area contributed by atoms with Crippen LogP contribution in [0.15, 0.2) is 52.4 Å². The van der Waals surface area contributed by atoms with Crippen molar-refractivity contribution in [2.75, 3.05) is 7.11 Å². The van der Waals surface area contributed by atoms with Crippen LogP contribution in [0.25, 0.3) is 16.6 Å². The third-order valence-electron chi connectivity index (χ3n) is 4.50. The number of aromatic nitrogens is 2. The van der Waals surface area contributed by atoms with E-state index in [2.05, 4.69) is 4.98 Å². The summed E-state index contributed by atoms with van der Waals surface area (Å²) in [6, 6.07) is 12.1. The summed E-state index contributed by atoms with van der Waals surface area (Å²) < 4.78 is 12.2. The zero-order valence-electron chi connectivity index (χ0n) is 15.2. The van der Waals surface area contributed by atoms with E-state index in [1.165, 1.54) is 16.3 Å². The minimum Gasteiger partial charge on any atom is -0.495 e. The molecule has 0 aliphatic carbocycles. The van der Waals surface area contributed by atoms with E-state index < -0.39 is 5.25 Å². The summed E-state index contributed by atoms with van der Waals surface area (Å²) >= 11 is 7.31. The maximum Gasteiger partial charge on any atom is 0.319 e. The number of ether oxygens (including phenoxy) is 2. The van der Waals surface area contributed by atoms with Gasteiger partial charge in [-0.1, -0.05) is 35.5 Å². The summed E-state index contributed by atoms with van der Waals surface area (Å²) in [7, 11) is 1.54. The van der Waals surface area contributed by atoms with Crippen molar-refractivity contribution in [3.63, 3.8) is 0 Å². The van der Waals surface area contributed by atoms with Crippen LogP contribution >= 0.6 is 23.4 Å². The second-order valence-electron chi connectivity index (χ2n) is 6.46. The van der Waals surface area contributed by atoms with Crippen LogP contribution in [0.3, 0.4) is 0 Å². The number of nitrogens with zero attached hydrogens (tertiary/aromatic N) is 2. The summed E-state index contributed by atoms with van der Waals surface area (Å²) in [5, 5.41) is 0.876. The lowest BCUT2D eigenvalue weighted by Crippen LogP contribution is -2.24. The number of rotatable bonds is 4. The van der Waals surface area contributed by atoms with Crippen LogP contribution in [0.1, 0.15) is 13.3 Å². The number of thioether (sulfide) groups is 1. The zero-order chi connectivity index (χ0) is 19.8. The summed E-state index contributed by atoms with van der Waals surface area (Å²) in [4.78, 5) is 30.2. The fourth-order valence-electron chi connectivity index (χ4n) is 3.19. The number of hydrogen-bond acceptors (Lipinski definition) is 6. The smallest absolute Gasteiger partial charge is 0.319 e. The predicted octanol–water partition coefficient (Wildman–Crippen LogP) is 3.84. The van der Waals surface area contributed by atoms with E-state index in [9.17, 15) is 9.59 Å². The van der Waals surface area contributed by atoms with Gasteiger partial charge in [0.1, 0.15) is 17.1 Å². The summed E-state index contributed by atoms with van der Waals surface area (Å²) in [5.74, 6) is 0.230. The molecule has 0 radical (unpaired) electrons. The first-order valence-electron chi connectivity index (χ1n) is 8.71. The van der Waals surface area contributed by atoms with Crippen LogP contribution in [0.4, 0.5) is 0 Å². The normalized spacial score (nSPS) is 19.0. The lowest BCUT2D eigenvalue weighted by Gasteiger charge is -2.16. The Labute approximate surface area is 170 Å². The van der Waals surface area contributed by atoms with Gasteiger partial charge in [0, 0.05) is 11.4 Å². The lowest BCUT2D eigenvalue weighted by atomic mass is 10.2. The second kappa shape index (κ2) is 7.48. The van der Waals surface area contributed by atoms with Gasteiger partial charge in [-0.05, 0) is 37.3 Å². The average molecular weight is 417 g/mol. The number of para-hydroxylation sites is 2. The summed E-state index contributed by atoms with van der Waals surface area (Å²) in [5.41, 5.74) is 0.778. The van der Waals surface area contributed by atoms with Gasteiger partial charge in [0.25, 0.3) is 5.56 Å². The Hall–Kier alpha value is -2.51. The Morgan fingerprint density at radius 2 is 2.04 bits per heavy atom. The molecule has 2 aromatic carbocycles. The molecule has 8 heteroatoms. The van der Waals surface area contributed by atoms with Crippen molar-refractivity contribution in [2.24, 2.45) is 0 Å². The number of halogens is 1. The Kier molecular flexibility index (Phi) is 5.03. The van der Waals surface area contributed by atoms with Gasteiger partial charge < -0.3 is 9.47 Å². The van der Waals surface area contributed by atoms with Crippen molar-refractivity contribution < 1.29 is 14.3 Å². The molecule has 144 valence electrons. The number of carbonyl (C=O) groups excluding carboxylic acids is 1. The van der Waals surface area contributed by atoms with Crippen LogP contribution in [0, 0.1) is 0 Å². The molecular formula is C20H17ClN2O4S. The third kappa shape index (κ3) is 3.36. The Morgan fingerprint density at radius 1 is 1.25 bits per heavy atom. The second-order valence-corrected chi connectivity index (χ2v) is 8.06. The first kappa shape index (κ1) is 18.8. The van der Waals surface area contributed by atoms with Crippen molar-refractivity contribution in [3.8, 4) is 11.4 Å². The molecule has 1 aromatic heterocycles. The third-order valence-corrected chi connectivity index (χ3v) is 5.89. The number of hydrogen-bond donors (Lipinski definition) is 0. The molecule has 0 amide bonds. The lowest BCUT2D eigenvalue weighted by molar-refractivity contribution is -0.140. The highest BCUT2D eigenvalue weighted by Gasteiger charge is 2.34. The molecule has 0 unspecified atom stereocenters. The topological polar surface area (TPSA) is 70.4 Å². The Bertz CT molecular complexity index is 1130. The monoisotopic (exact) mass is 416 g/mol. The van der Waals surface area contributed by atoms with Crippen molar-refractivity contribution in [2.45, 2.75) is 29.9 Å². The van der Waals surface area contributed by atoms with E-state index >= 15 is 0 Å². The fourth-order valence-corrected chi connectivity index (χ4v) is 4.57. The largest absolute Gasteiger partial charge is 0.495 e. The molecule has 3 aromatic rings. The minimum absolute atomic E-state index is 0.161. The first-order valence-corrected chi connectivity index (χ1v) is 9.96. The van der Waals surface area contributed by atoms with Crippen molar-refractivity contribution in [1.82, 2.24) is 9.55 Å². The summed E-state index contributed by atoms with van der Waals surface area (Å²) in [6.07, 6.45) is 0.394. The van der Waals surface area contributed by atoms with Crippen LogP contribution in [-0.2, 0) is 9.53 Å². The molecule has 2 heterocycles. The molecule has 0 bridgehead atoms. The van der Waals surface area contributed by atoms with Crippen molar-refractivity contribution in [3.05, 3.63) is 57.8 Å². The van der Waals surface area contributed by atoms with Gasteiger partial charge in [-0.15, -0.1) is 0 Å². The van der Waals surface area contributed by atoms with Gasteiger partial charge in [0.05, 0.1) is 23.7 Å². The van der Waals surface area contributed by atoms with Gasteiger partial charge in [-0.3, -0.25) is 14.2 Å². The van der Waals surface area contributed by atoms with Gasteiger partial charge in [-0.25, -0.2) is 4.98 Å². The van der Waals surface area contributed by atoms with E-state index in [4.69, 9.17) is 21.1 Å². The van der Waals surface area contributed by atoms with Crippen LogP contribution in [-0.4, -0.2) is 34.0 Å². The maximum absolute atomic E-state index is 13.3. The van der Waals surface area contributed by atoms with Crippen molar-refractivity contribution >= 4 is 40.2 Å². The van der Waals surface area contributed by atoms with Gasteiger partial charge in [-0.2, -0.15) is 0 Å². The van der Waals surface area contributed by atoms with Gasteiger partial charge in [0.15, 0.2) is 5.16 Å². The van der Waals surface area contributed by atoms with E-state index in [-0.39, 0.29) is 17.6 Å². The number of cyclic esters (lactones) is 1. The highest BCUT2D eigenvalue weighted by molar-refractivity contribution is 8.00. The highest BCUT2D eigenvalue weighted by Crippen LogP contribution is 2.34. The van der Waals surface area contributed by atoms with Gasteiger partial charge in [0.2, 0.25) is 0 Å². The van der Waals surface area contributed by atoms with E-state index in [0.717, 1.165) is 0 Å². The molecule has 0 N–H and O–H groups in total. The fraction of sp³-hybridized carbons (Fsp3) is 0.250. The molecule has 1 aliphatic rings. The molecule has 0 saturated carbocycles. The van der Waals surface area contributed by atoms with Crippen molar-refractivity contribution in [1.29, 1.82) is 0 Å². The molecular weight excluding hydrogens is 400 g/mol. The molecule has 28 heavy (non-hydrogen) atoms. The highest BCUT2D eigenvalue weighted by atomic mass is 35.5. The standard InChI is InChI=1S/C20H17ClN2O4S/c1-11-9-17(19(25)27-11)28-20-22-14-10-12(21)7-8-13(14)18(24)23(20)15-5-3-4-6-16(15)26-2/h3-8,10-11,17H,9H2,1-2H3/t11-,17-/m0/s1. The molecule has 2 atom stereocenters. The molecule has 6 nitrogen and oxygen atoms in total. The predicted molar refractivity (Wildman–Crippen MR) is 109 cm³/mol. The van der Waals surface area contributed by atoms with Gasteiger partial charge >= 0.3 is 5.97 Å². The number of methoxy groups -OCH3 is 1. The molecule has 1 fully saturated rings. The Balaban J connectivity index is 1.95. The summed E-state index contributed by atoms with van der Waals surface area (Å²) in [6.45, 7) is 1.85. The van der Waals surface area contributed by atoms with E-state index in [1.54, 1.807) is 37.4 Å². The average Bonchev–Trinajstić information content (AvgIpc) is 2.98. The van der Waals surface area contributed by atoms with Crippen LogP contribution in [0.5, 0.6) is 5.75 Å². The van der Waals surface area contributed by atoms with E-state index in [1.807, 2.05) is 19.1 Å². The zero-order valence-corrected chi connectivity index (χ0v) is 16.8. The molecule has 1 saturated heterocycles. The number of fused-ring (bicyclic) bond motifs is 1. The van der Waals surface area contributed by atoms with Crippen LogP contribution in [0.2, 0.25) is 5.02 Å². The quantitative estimate of drug-likeness (QED) is 0.475. The number of benzene rings is 2. The molecule has 1 aliphatic heterocycles. The molecule has 0 spiro atoms. The van der Waals surface area contributed by atoms with Crippen LogP contribution < -0.4 is 10.3 Å². The maximum atomic E-state index is 13.3. The first-order chi connectivity index (χ1) is 13.5. The number of carbonyl (C=O) groups is 1. The number of esters is 1. The Morgan fingerprint density at radius 3 is 2.75 bits per heavy atom. The SMILES string of the molecule is COc1ccccc1-n1c(S[C@H]2C[C@H](C)OC2=O)nc2cc(Cl)ccc2c1=O. The molecule has 4 rings (SSSR count).